The van der Waals surface area contributed by atoms with Crippen molar-refractivity contribution in [2.75, 3.05) is 18.5 Å². The van der Waals surface area contributed by atoms with E-state index in [0.717, 1.165) is 29.7 Å². The number of aromatic nitrogens is 1. The molecule has 2 heterocycles. The number of nitrogens with one attached hydrogen (secondary N) is 1. The normalized spacial score (nSPS) is 15.6. The number of nitrogens with zero attached hydrogens (tertiary/aromatic N) is 1. The molecule has 1 unspecified atom stereocenters. The van der Waals surface area contributed by atoms with Crippen LogP contribution < -0.4 is 5.32 Å². The molecule has 1 N–H and O–H groups in total. The van der Waals surface area contributed by atoms with E-state index in [9.17, 15) is 14.4 Å². The second-order valence-corrected chi connectivity index (χ2v) is 10.2. The van der Waals surface area contributed by atoms with Gasteiger partial charge in [0, 0.05) is 11.1 Å². The maximum atomic E-state index is 12.7. The highest BCUT2D eigenvalue weighted by Crippen LogP contribution is 2.44. The zero-order chi connectivity index (χ0) is 23.5. The molecule has 7 nitrogen and oxygen atoms in total. The average Bonchev–Trinajstić information content (AvgIpc) is 3.08. The van der Waals surface area contributed by atoms with Crippen molar-refractivity contribution in [2.45, 2.75) is 47.0 Å². The molecule has 0 aliphatic heterocycles. The van der Waals surface area contributed by atoms with Crippen LogP contribution in [0.2, 0.25) is 5.15 Å². The molecule has 3 rings (SSSR count). The van der Waals surface area contributed by atoms with Gasteiger partial charge in [-0.15, -0.1) is 11.3 Å². The topological polar surface area (TPSA) is 94.6 Å². The van der Waals surface area contributed by atoms with Gasteiger partial charge in [-0.1, -0.05) is 32.4 Å². The minimum atomic E-state index is -0.687. The number of amides is 1. The minimum Gasteiger partial charge on any atom is -0.462 e. The van der Waals surface area contributed by atoms with Crippen molar-refractivity contribution >= 4 is 45.8 Å². The molecule has 32 heavy (non-hydrogen) atoms. The van der Waals surface area contributed by atoms with E-state index in [-0.39, 0.29) is 22.7 Å². The number of hydrogen-bond acceptors (Lipinski definition) is 7. The monoisotopic (exact) mass is 478 g/mol. The van der Waals surface area contributed by atoms with Gasteiger partial charge in [0.15, 0.2) is 6.61 Å². The van der Waals surface area contributed by atoms with E-state index < -0.39 is 24.5 Å². The number of thiophene rings is 1. The largest absolute Gasteiger partial charge is 0.462 e. The summed E-state index contributed by atoms with van der Waals surface area (Å²) in [5, 5.41) is 3.34. The molecule has 1 aliphatic carbocycles. The number of pyridine rings is 1. The first-order chi connectivity index (χ1) is 15.1. The summed E-state index contributed by atoms with van der Waals surface area (Å²) in [6.45, 7) is 8.15. The van der Waals surface area contributed by atoms with E-state index in [1.165, 1.54) is 29.7 Å². The summed E-state index contributed by atoms with van der Waals surface area (Å²) >= 11 is 7.18. The van der Waals surface area contributed by atoms with Crippen LogP contribution in [0.3, 0.4) is 0 Å². The van der Waals surface area contributed by atoms with E-state index in [2.05, 4.69) is 31.1 Å². The van der Waals surface area contributed by atoms with Crippen LogP contribution >= 0.6 is 22.9 Å². The van der Waals surface area contributed by atoms with Crippen LogP contribution in [0.25, 0.3) is 0 Å². The fraction of sp³-hybridized carbons (Fsp3) is 0.478. The standard InChI is InChI=1S/C23H27ClN2O5S/c1-5-30-22(29)19-15-7-6-14(23(2,3)4)11-16(15)32-20(19)26-18(27)12-31-21(28)13-8-9-25-17(24)10-13/h8-10,14H,5-7,11-12H2,1-4H3,(H,26,27). The lowest BCUT2D eigenvalue weighted by molar-refractivity contribution is -0.119. The highest BCUT2D eigenvalue weighted by molar-refractivity contribution is 7.17. The molecule has 0 radical (unpaired) electrons. The molecule has 1 amide bonds. The third-order valence-electron chi connectivity index (χ3n) is 5.52. The second kappa shape index (κ2) is 10.0. The zero-order valence-electron chi connectivity index (χ0n) is 18.6. The Hall–Kier alpha value is -2.45. The molecule has 1 aliphatic rings. The number of halogens is 1. The fourth-order valence-electron chi connectivity index (χ4n) is 3.74. The summed E-state index contributed by atoms with van der Waals surface area (Å²) in [5.41, 5.74) is 1.72. The molecule has 0 saturated heterocycles. The lowest BCUT2D eigenvalue weighted by Gasteiger charge is -2.33. The first-order valence-electron chi connectivity index (χ1n) is 10.5. The summed E-state index contributed by atoms with van der Waals surface area (Å²) in [4.78, 5) is 42.2. The second-order valence-electron chi connectivity index (χ2n) is 8.73. The van der Waals surface area contributed by atoms with Crippen LogP contribution in [0, 0.1) is 11.3 Å². The van der Waals surface area contributed by atoms with Crippen molar-refractivity contribution in [3.05, 3.63) is 45.1 Å². The van der Waals surface area contributed by atoms with Crippen molar-refractivity contribution in [3.63, 3.8) is 0 Å². The number of ether oxygens (including phenoxy) is 2. The number of carbonyl (C=O) groups is 3. The lowest BCUT2D eigenvalue weighted by atomic mass is 9.72. The van der Waals surface area contributed by atoms with Gasteiger partial charge in [-0.25, -0.2) is 14.6 Å². The Bertz CT molecular complexity index is 1030. The molecular weight excluding hydrogens is 452 g/mol. The molecule has 0 saturated carbocycles. The summed E-state index contributed by atoms with van der Waals surface area (Å²) in [7, 11) is 0. The van der Waals surface area contributed by atoms with E-state index in [1.54, 1.807) is 6.92 Å². The molecule has 0 spiro atoms. The molecule has 0 fully saturated rings. The van der Waals surface area contributed by atoms with Gasteiger partial charge in [-0.2, -0.15) is 0 Å². The molecule has 172 valence electrons. The number of fused-ring (bicyclic) bond motifs is 1. The van der Waals surface area contributed by atoms with Crippen LogP contribution in [0.1, 0.15) is 65.3 Å². The first kappa shape index (κ1) is 24.2. The van der Waals surface area contributed by atoms with Crippen LogP contribution in [0.5, 0.6) is 0 Å². The lowest BCUT2D eigenvalue weighted by Crippen LogP contribution is -2.26. The third kappa shape index (κ3) is 5.66. The minimum absolute atomic E-state index is 0.152. The fourth-order valence-corrected chi connectivity index (χ4v) is 5.24. The Labute approximate surface area is 196 Å². The smallest absolute Gasteiger partial charge is 0.341 e. The van der Waals surface area contributed by atoms with Crippen LogP contribution in [0.15, 0.2) is 18.3 Å². The van der Waals surface area contributed by atoms with Crippen LogP contribution in [0.4, 0.5) is 5.00 Å². The number of hydrogen-bond donors (Lipinski definition) is 1. The molecule has 2 aromatic heterocycles. The third-order valence-corrected chi connectivity index (χ3v) is 6.90. The van der Waals surface area contributed by atoms with Gasteiger partial charge in [0.25, 0.3) is 5.91 Å². The van der Waals surface area contributed by atoms with Crippen molar-refractivity contribution in [3.8, 4) is 0 Å². The molecule has 0 bridgehead atoms. The Morgan fingerprint density at radius 3 is 2.66 bits per heavy atom. The van der Waals surface area contributed by atoms with E-state index in [4.69, 9.17) is 21.1 Å². The zero-order valence-corrected chi connectivity index (χ0v) is 20.2. The highest BCUT2D eigenvalue weighted by atomic mass is 35.5. The average molecular weight is 479 g/mol. The maximum absolute atomic E-state index is 12.7. The predicted octanol–water partition coefficient (Wildman–Crippen LogP) is 4.92. The predicted molar refractivity (Wildman–Crippen MR) is 123 cm³/mol. The van der Waals surface area contributed by atoms with Crippen molar-refractivity contribution in [1.29, 1.82) is 0 Å². The van der Waals surface area contributed by atoms with E-state index in [1.807, 2.05) is 0 Å². The SMILES string of the molecule is CCOC(=O)c1c(NC(=O)COC(=O)c2ccnc(Cl)c2)sc2c1CCC(C(C)(C)C)C2. The van der Waals surface area contributed by atoms with Gasteiger partial charge in [0.1, 0.15) is 10.2 Å². The summed E-state index contributed by atoms with van der Waals surface area (Å²) in [5.74, 6) is -1.18. The Kier molecular flexibility index (Phi) is 7.56. The Morgan fingerprint density at radius 1 is 1.25 bits per heavy atom. The van der Waals surface area contributed by atoms with Crippen molar-refractivity contribution < 1.29 is 23.9 Å². The van der Waals surface area contributed by atoms with Gasteiger partial charge >= 0.3 is 11.9 Å². The maximum Gasteiger partial charge on any atom is 0.341 e. The van der Waals surface area contributed by atoms with E-state index >= 15 is 0 Å². The van der Waals surface area contributed by atoms with Crippen molar-refractivity contribution in [1.82, 2.24) is 4.98 Å². The molecule has 0 aromatic carbocycles. The van der Waals surface area contributed by atoms with Gasteiger partial charge in [-0.05, 0) is 55.2 Å². The number of anilines is 1. The summed E-state index contributed by atoms with van der Waals surface area (Å²) < 4.78 is 10.3. The van der Waals surface area contributed by atoms with Gasteiger partial charge in [0.05, 0.1) is 17.7 Å². The number of rotatable bonds is 6. The highest BCUT2D eigenvalue weighted by Gasteiger charge is 2.34. The van der Waals surface area contributed by atoms with Crippen LogP contribution in [-0.4, -0.2) is 36.0 Å². The first-order valence-corrected chi connectivity index (χ1v) is 11.7. The van der Waals surface area contributed by atoms with Crippen molar-refractivity contribution in [2.24, 2.45) is 11.3 Å². The Balaban J connectivity index is 1.75. The van der Waals surface area contributed by atoms with Crippen LogP contribution in [-0.2, 0) is 27.1 Å². The van der Waals surface area contributed by atoms with E-state index in [0.29, 0.717) is 16.5 Å². The molecular formula is C23H27ClN2O5S. The summed E-state index contributed by atoms with van der Waals surface area (Å²) in [6.07, 6.45) is 3.96. The Morgan fingerprint density at radius 2 is 2.00 bits per heavy atom. The number of carbonyl (C=O) groups excluding carboxylic acids is 3. The quantitative estimate of drug-likeness (QED) is 0.467. The molecule has 2 aromatic rings. The molecule has 1 atom stereocenters. The number of esters is 2. The van der Waals surface area contributed by atoms with Gasteiger partial charge < -0.3 is 14.8 Å². The molecule has 9 heteroatoms. The van der Waals surface area contributed by atoms with Gasteiger partial charge in [0.2, 0.25) is 0 Å². The summed E-state index contributed by atoms with van der Waals surface area (Å²) in [6, 6.07) is 2.81. The van der Waals surface area contributed by atoms with Gasteiger partial charge in [-0.3, -0.25) is 4.79 Å².